The minimum absolute atomic E-state index is 0.0381. The molecule has 0 radical (unpaired) electrons. The number of nitro benzene ring substituents is 1. The summed E-state index contributed by atoms with van der Waals surface area (Å²) >= 11 is 1.33. The van der Waals surface area contributed by atoms with Crippen LogP contribution < -0.4 is 5.32 Å². The molecule has 1 amide bonds. The van der Waals surface area contributed by atoms with Crippen LogP contribution >= 0.6 is 11.3 Å². The van der Waals surface area contributed by atoms with Gasteiger partial charge in [0.15, 0.2) is 0 Å². The lowest BCUT2D eigenvalue weighted by Crippen LogP contribution is -2.29. The van der Waals surface area contributed by atoms with E-state index in [0.717, 1.165) is 10.1 Å². The van der Waals surface area contributed by atoms with Crippen LogP contribution in [0.1, 0.15) is 23.5 Å². The highest BCUT2D eigenvalue weighted by atomic mass is 32.1. The zero-order valence-corrected chi connectivity index (χ0v) is 10.8. The van der Waals surface area contributed by atoms with Crippen molar-refractivity contribution >= 4 is 33.0 Å². The molecular weight excluding hydrogens is 252 g/mol. The number of carbonyl (C=O) groups excluding carboxylic acids is 1. The van der Waals surface area contributed by atoms with Crippen molar-refractivity contribution in [2.75, 3.05) is 0 Å². The van der Waals surface area contributed by atoms with E-state index >= 15 is 0 Å². The van der Waals surface area contributed by atoms with Gasteiger partial charge in [0, 0.05) is 28.3 Å². The molecule has 1 heterocycles. The highest BCUT2D eigenvalue weighted by Crippen LogP contribution is 2.28. The summed E-state index contributed by atoms with van der Waals surface area (Å²) in [4.78, 5) is 22.6. The predicted molar refractivity (Wildman–Crippen MR) is 71.1 cm³/mol. The molecule has 6 heteroatoms. The van der Waals surface area contributed by atoms with E-state index in [1.54, 1.807) is 12.1 Å². The SMILES string of the molecule is CC(C)NC(=O)c1cc2cc([N+](=O)[O-])ccc2s1. The molecule has 0 saturated carbocycles. The fourth-order valence-corrected chi connectivity index (χ4v) is 2.54. The summed E-state index contributed by atoms with van der Waals surface area (Å²) in [7, 11) is 0. The molecule has 2 rings (SSSR count). The van der Waals surface area contributed by atoms with Gasteiger partial charge in [-0.25, -0.2) is 0 Å². The van der Waals surface area contributed by atoms with E-state index in [4.69, 9.17) is 0 Å². The third-order valence-electron chi connectivity index (χ3n) is 2.35. The summed E-state index contributed by atoms with van der Waals surface area (Å²) in [6, 6.07) is 6.35. The number of hydrogen-bond acceptors (Lipinski definition) is 4. The zero-order chi connectivity index (χ0) is 13.3. The Morgan fingerprint density at radius 2 is 2.11 bits per heavy atom. The number of non-ortho nitro benzene ring substituents is 1. The second-order valence-electron chi connectivity index (χ2n) is 4.22. The first-order valence-electron chi connectivity index (χ1n) is 5.46. The van der Waals surface area contributed by atoms with Crippen molar-refractivity contribution < 1.29 is 9.72 Å². The van der Waals surface area contributed by atoms with Crippen molar-refractivity contribution in [3.63, 3.8) is 0 Å². The maximum Gasteiger partial charge on any atom is 0.270 e. The molecule has 0 saturated heterocycles. The first kappa shape index (κ1) is 12.5. The number of nitro groups is 1. The second-order valence-corrected chi connectivity index (χ2v) is 5.30. The van der Waals surface area contributed by atoms with Crippen LogP contribution in [-0.4, -0.2) is 16.9 Å². The fourth-order valence-electron chi connectivity index (χ4n) is 1.59. The number of thiophene rings is 1. The minimum Gasteiger partial charge on any atom is -0.349 e. The Morgan fingerprint density at radius 3 is 2.72 bits per heavy atom. The van der Waals surface area contributed by atoms with E-state index in [9.17, 15) is 14.9 Å². The number of rotatable bonds is 3. The average molecular weight is 264 g/mol. The summed E-state index contributed by atoms with van der Waals surface area (Å²) in [5.41, 5.74) is 0.0381. The molecule has 2 aromatic rings. The lowest BCUT2D eigenvalue weighted by atomic mass is 10.2. The smallest absolute Gasteiger partial charge is 0.270 e. The van der Waals surface area contributed by atoms with Crippen molar-refractivity contribution in [1.82, 2.24) is 5.32 Å². The van der Waals surface area contributed by atoms with Gasteiger partial charge in [-0.1, -0.05) is 0 Å². The predicted octanol–water partition coefficient (Wildman–Crippen LogP) is 2.95. The number of hydrogen-bond donors (Lipinski definition) is 1. The molecule has 1 aromatic heterocycles. The van der Waals surface area contributed by atoms with Crippen LogP contribution in [0.15, 0.2) is 24.3 Å². The molecule has 1 N–H and O–H groups in total. The molecule has 0 aliphatic rings. The molecule has 0 spiro atoms. The molecule has 0 unspecified atom stereocenters. The second kappa shape index (κ2) is 4.73. The first-order valence-corrected chi connectivity index (χ1v) is 6.28. The molecule has 18 heavy (non-hydrogen) atoms. The van der Waals surface area contributed by atoms with Gasteiger partial charge in [-0.2, -0.15) is 0 Å². The van der Waals surface area contributed by atoms with Crippen molar-refractivity contribution in [3.8, 4) is 0 Å². The van der Waals surface area contributed by atoms with Crippen LogP contribution in [0.25, 0.3) is 10.1 Å². The van der Waals surface area contributed by atoms with Crippen LogP contribution in [0.3, 0.4) is 0 Å². The Labute approximate surface area is 108 Å². The van der Waals surface area contributed by atoms with Crippen LogP contribution in [0, 0.1) is 10.1 Å². The number of benzene rings is 1. The van der Waals surface area contributed by atoms with Crippen molar-refractivity contribution in [1.29, 1.82) is 0 Å². The van der Waals surface area contributed by atoms with Crippen molar-refractivity contribution in [2.45, 2.75) is 19.9 Å². The van der Waals surface area contributed by atoms with Gasteiger partial charge in [-0.05, 0) is 26.0 Å². The normalized spacial score (nSPS) is 10.8. The summed E-state index contributed by atoms with van der Waals surface area (Å²) < 4.78 is 0.870. The van der Waals surface area contributed by atoms with Gasteiger partial charge >= 0.3 is 0 Å². The van der Waals surface area contributed by atoms with Crippen LogP contribution in [0.4, 0.5) is 5.69 Å². The van der Waals surface area contributed by atoms with Crippen LogP contribution in [-0.2, 0) is 0 Å². The molecule has 0 aliphatic carbocycles. The van der Waals surface area contributed by atoms with E-state index in [1.165, 1.54) is 23.5 Å². The number of nitrogens with one attached hydrogen (secondary N) is 1. The van der Waals surface area contributed by atoms with Crippen LogP contribution in [0.2, 0.25) is 0 Å². The highest BCUT2D eigenvalue weighted by Gasteiger charge is 2.13. The first-order chi connectivity index (χ1) is 8.47. The molecule has 0 fully saturated rings. The molecule has 0 atom stereocenters. The van der Waals surface area contributed by atoms with Gasteiger partial charge in [0.1, 0.15) is 0 Å². The van der Waals surface area contributed by atoms with E-state index in [2.05, 4.69) is 5.32 Å². The topological polar surface area (TPSA) is 72.2 Å². The van der Waals surface area contributed by atoms with Crippen LogP contribution in [0.5, 0.6) is 0 Å². The average Bonchev–Trinajstić information content (AvgIpc) is 2.70. The van der Waals surface area contributed by atoms with E-state index in [0.29, 0.717) is 4.88 Å². The standard InChI is InChI=1S/C12H12N2O3S/c1-7(2)13-12(15)11-6-8-5-9(14(16)17)3-4-10(8)18-11/h3-7H,1-2H3,(H,13,15). The Bertz CT molecular complexity index is 619. The Hall–Kier alpha value is -1.95. The lowest BCUT2D eigenvalue weighted by Gasteiger charge is -2.05. The summed E-state index contributed by atoms with van der Waals surface area (Å²) in [6.07, 6.45) is 0. The maximum atomic E-state index is 11.8. The lowest BCUT2D eigenvalue weighted by molar-refractivity contribution is -0.384. The van der Waals surface area contributed by atoms with Gasteiger partial charge < -0.3 is 5.32 Å². The van der Waals surface area contributed by atoms with Gasteiger partial charge in [-0.3, -0.25) is 14.9 Å². The number of amides is 1. The number of fused-ring (bicyclic) bond motifs is 1. The van der Waals surface area contributed by atoms with Gasteiger partial charge in [-0.15, -0.1) is 11.3 Å². The fraction of sp³-hybridized carbons (Fsp3) is 0.250. The Morgan fingerprint density at radius 1 is 1.39 bits per heavy atom. The molecular formula is C12H12N2O3S. The minimum atomic E-state index is -0.440. The quantitative estimate of drug-likeness (QED) is 0.684. The third-order valence-corrected chi connectivity index (χ3v) is 3.47. The van der Waals surface area contributed by atoms with E-state index in [1.807, 2.05) is 13.8 Å². The number of carbonyl (C=O) groups is 1. The maximum absolute atomic E-state index is 11.8. The summed E-state index contributed by atoms with van der Waals surface area (Å²) in [5.74, 6) is -0.145. The molecule has 0 bridgehead atoms. The van der Waals surface area contributed by atoms with Gasteiger partial charge in [0.25, 0.3) is 11.6 Å². The Balaban J connectivity index is 2.38. The number of nitrogens with zero attached hydrogens (tertiary/aromatic N) is 1. The molecule has 5 nitrogen and oxygen atoms in total. The van der Waals surface area contributed by atoms with E-state index < -0.39 is 4.92 Å². The van der Waals surface area contributed by atoms with Gasteiger partial charge in [0.05, 0.1) is 9.80 Å². The monoisotopic (exact) mass is 264 g/mol. The molecule has 0 aliphatic heterocycles. The molecule has 94 valence electrons. The molecule has 1 aromatic carbocycles. The summed E-state index contributed by atoms with van der Waals surface area (Å²) in [6.45, 7) is 3.77. The summed E-state index contributed by atoms with van der Waals surface area (Å²) in [5, 5.41) is 14.2. The van der Waals surface area contributed by atoms with E-state index in [-0.39, 0.29) is 17.6 Å². The third kappa shape index (κ3) is 2.48. The highest BCUT2D eigenvalue weighted by molar-refractivity contribution is 7.20. The van der Waals surface area contributed by atoms with Crippen molar-refractivity contribution in [3.05, 3.63) is 39.3 Å². The zero-order valence-electron chi connectivity index (χ0n) is 9.97. The largest absolute Gasteiger partial charge is 0.349 e. The Kier molecular flexibility index (Phi) is 3.29. The van der Waals surface area contributed by atoms with Gasteiger partial charge in [0.2, 0.25) is 0 Å². The van der Waals surface area contributed by atoms with Crippen molar-refractivity contribution in [2.24, 2.45) is 0 Å².